The molecule has 1 atom stereocenters. The van der Waals surface area contributed by atoms with E-state index in [9.17, 15) is 0 Å². The fourth-order valence-corrected chi connectivity index (χ4v) is 2.98. The molecule has 1 N–H and O–H groups in total. The van der Waals surface area contributed by atoms with Crippen LogP contribution >= 0.6 is 0 Å². The van der Waals surface area contributed by atoms with E-state index in [1.165, 1.54) is 42.4 Å². The molecule has 19 heavy (non-hydrogen) atoms. The zero-order valence-electron chi connectivity index (χ0n) is 11.6. The van der Waals surface area contributed by atoms with Gasteiger partial charge in [-0.3, -0.25) is 0 Å². The minimum Gasteiger partial charge on any atom is -0.381 e. The zero-order valence-corrected chi connectivity index (χ0v) is 11.6. The molecule has 0 saturated carbocycles. The third kappa shape index (κ3) is 2.90. The van der Waals surface area contributed by atoms with E-state index in [4.69, 9.17) is 0 Å². The summed E-state index contributed by atoms with van der Waals surface area (Å²) in [4.78, 5) is 2.53. The maximum absolute atomic E-state index is 3.70. The minimum atomic E-state index is 0.592. The van der Waals surface area contributed by atoms with Gasteiger partial charge in [-0.25, -0.2) is 0 Å². The number of likely N-dealkylation sites (N-methyl/N-ethyl adjacent to an activating group) is 1. The Balaban J connectivity index is 1.74. The van der Waals surface area contributed by atoms with Gasteiger partial charge in [-0.05, 0) is 48.8 Å². The number of rotatable bonds is 3. The second-order valence-electron chi connectivity index (χ2n) is 5.44. The van der Waals surface area contributed by atoms with Crippen LogP contribution in [0.5, 0.6) is 0 Å². The van der Waals surface area contributed by atoms with E-state index in [0.29, 0.717) is 6.04 Å². The highest BCUT2D eigenvalue weighted by molar-refractivity contribution is 5.85. The van der Waals surface area contributed by atoms with Gasteiger partial charge in [-0.2, -0.15) is 0 Å². The number of fused-ring (bicyclic) bond motifs is 1. The van der Waals surface area contributed by atoms with E-state index in [-0.39, 0.29) is 0 Å². The molecular formula is C17H22N2. The van der Waals surface area contributed by atoms with Crippen LogP contribution in [0.3, 0.4) is 0 Å². The number of piperidine rings is 1. The molecule has 2 nitrogen and oxygen atoms in total. The second kappa shape index (κ2) is 5.62. The molecule has 0 bridgehead atoms. The summed E-state index contributed by atoms with van der Waals surface area (Å²) in [6, 6.07) is 15.8. The summed E-state index contributed by atoms with van der Waals surface area (Å²) in [7, 11) is 0. The summed E-state index contributed by atoms with van der Waals surface area (Å²) in [5.41, 5.74) is 1.25. The average Bonchev–Trinajstić information content (AvgIpc) is 2.47. The third-order valence-electron chi connectivity index (χ3n) is 4.07. The van der Waals surface area contributed by atoms with Crippen LogP contribution in [-0.2, 0) is 0 Å². The average molecular weight is 254 g/mol. The van der Waals surface area contributed by atoms with Crippen LogP contribution in [0.1, 0.15) is 19.8 Å². The molecule has 0 aliphatic carbocycles. The lowest BCUT2D eigenvalue weighted by molar-refractivity contribution is 0.227. The quantitative estimate of drug-likeness (QED) is 0.897. The van der Waals surface area contributed by atoms with E-state index in [2.05, 4.69) is 59.6 Å². The van der Waals surface area contributed by atoms with Gasteiger partial charge in [-0.1, -0.05) is 37.3 Å². The van der Waals surface area contributed by atoms with Crippen molar-refractivity contribution in [3.05, 3.63) is 42.5 Å². The van der Waals surface area contributed by atoms with E-state index >= 15 is 0 Å². The molecule has 1 aliphatic heterocycles. The summed E-state index contributed by atoms with van der Waals surface area (Å²) < 4.78 is 0. The zero-order chi connectivity index (χ0) is 13.1. The standard InChI is InChI=1S/C17H22N2/c1-2-19-11-5-8-17(13-19)18-16-10-9-14-6-3-4-7-15(14)12-16/h3-4,6-7,9-10,12,17-18H,2,5,8,11,13H2,1H3. The number of likely N-dealkylation sites (tertiary alicyclic amines) is 1. The SMILES string of the molecule is CCN1CCCC(Nc2ccc3ccccc3c2)C1. The molecule has 1 unspecified atom stereocenters. The molecule has 2 heteroatoms. The number of anilines is 1. The number of benzene rings is 2. The van der Waals surface area contributed by atoms with Gasteiger partial charge in [0.1, 0.15) is 0 Å². The van der Waals surface area contributed by atoms with Crippen LogP contribution in [0.2, 0.25) is 0 Å². The van der Waals surface area contributed by atoms with Gasteiger partial charge < -0.3 is 10.2 Å². The van der Waals surface area contributed by atoms with Gasteiger partial charge in [0, 0.05) is 18.3 Å². The van der Waals surface area contributed by atoms with E-state index in [0.717, 1.165) is 6.54 Å². The first-order chi connectivity index (χ1) is 9.35. The Labute approximate surface area is 115 Å². The predicted octanol–water partition coefficient (Wildman–Crippen LogP) is 3.74. The molecule has 1 saturated heterocycles. The second-order valence-corrected chi connectivity index (χ2v) is 5.44. The smallest absolute Gasteiger partial charge is 0.0388 e. The van der Waals surface area contributed by atoms with Crippen molar-refractivity contribution < 1.29 is 0 Å². The Bertz CT molecular complexity index is 550. The van der Waals surface area contributed by atoms with E-state index in [1.807, 2.05) is 0 Å². The van der Waals surface area contributed by atoms with Crippen LogP contribution in [-0.4, -0.2) is 30.6 Å². The third-order valence-corrected chi connectivity index (χ3v) is 4.07. The molecule has 100 valence electrons. The lowest BCUT2D eigenvalue weighted by Gasteiger charge is -2.32. The van der Waals surface area contributed by atoms with Gasteiger partial charge >= 0.3 is 0 Å². The van der Waals surface area contributed by atoms with Gasteiger partial charge in [0.05, 0.1) is 0 Å². The van der Waals surface area contributed by atoms with Crippen LogP contribution in [0.15, 0.2) is 42.5 Å². The molecular weight excluding hydrogens is 232 g/mol. The van der Waals surface area contributed by atoms with E-state index in [1.54, 1.807) is 0 Å². The maximum atomic E-state index is 3.70. The highest BCUT2D eigenvalue weighted by Gasteiger charge is 2.18. The van der Waals surface area contributed by atoms with E-state index < -0.39 is 0 Å². The number of hydrogen-bond donors (Lipinski definition) is 1. The Morgan fingerprint density at radius 1 is 1.16 bits per heavy atom. The molecule has 0 amide bonds. The number of hydrogen-bond acceptors (Lipinski definition) is 2. The Hall–Kier alpha value is -1.54. The maximum Gasteiger partial charge on any atom is 0.0388 e. The summed E-state index contributed by atoms with van der Waals surface area (Å²) >= 11 is 0. The van der Waals surface area contributed by atoms with Crippen molar-refractivity contribution in [3.63, 3.8) is 0 Å². The van der Waals surface area contributed by atoms with Gasteiger partial charge in [0.15, 0.2) is 0 Å². The van der Waals surface area contributed by atoms with Crippen LogP contribution in [0, 0.1) is 0 Å². The number of nitrogens with zero attached hydrogens (tertiary/aromatic N) is 1. The summed E-state index contributed by atoms with van der Waals surface area (Å²) in [5.74, 6) is 0. The van der Waals surface area contributed by atoms with Crippen molar-refractivity contribution in [3.8, 4) is 0 Å². The summed E-state index contributed by atoms with van der Waals surface area (Å²) in [6.45, 7) is 5.84. The largest absolute Gasteiger partial charge is 0.381 e. The van der Waals surface area contributed by atoms with Crippen molar-refractivity contribution in [2.75, 3.05) is 25.0 Å². The minimum absolute atomic E-state index is 0.592. The van der Waals surface area contributed by atoms with Gasteiger partial charge in [0.25, 0.3) is 0 Å². The van der Waals surface area contributed by atoms with Gasteiger partial charge in [-0.15, -0.1) is 0 Å². The normalized spacial score (nSPS) is 20.6. The fourth-order valence-electron chi connectivity index (χ4n) is 2.98. The Morgan fingerprint density at radius 3 is 2.84 bits per heavy atom. The molecule has 0 radical (unpaired) electrons. The lowest BCUT2D eigenvalue weighted by Crippen LogP contribution is -2.41. The molecule has 2 aromatic rings. The first-order valence-electron chi connectivity index (χ1n) is 7.33. The van der Waals surface area contributed by atoms with Crippen molar-refractivity contribution >= 4 is 16.5 Å². The summed E-state index contributed by atoms with van der Waals surface area (Å²) in [6.07, 6.45) is 2.59. The summed E-state index contributed by atoms with van der Waals surface area (Å²) in [5, 5.41) is 6.32. The van der Waals surface area contributed by atoms with Crippen molar-refractivity contribution in [1.82, 2.24) is 4.90 Å². The van der Waals surface area contributed by atoms with Gasteiger partial charge in [0.2, 0.25) is 0 Å². The fraction of sp³-hybridized carbons (Fsp3) is 0.412. The van der Waals surface area contributed by atoms with Crippen molar-refractivity contribution in [2.24, 2.45) is 0 Å². The molecule has 0 spiro atoms. The Kier molecular flexibility index (Phi) is 3.69. The first kappa shape index (κ1) is 12.5. The van der Waals surface area contributed by atoms with Crippen molar-refractivity contribution in [1.29, 1.82) is 0 Å². The number of nitrogens with one attached hydrogen (secondary N) is 1. The topological polar surface area (TPSA) is 15.3 Å². The Morgan fingerprint density at radius 2 is 2.00 bits per heavy atom. The first-order valence-corrected chi connectivity index (χ1v) is 7.33. The monoisotopic (exact) mass is 254 g/mol. The highest BCUT2D eigenvalue weighted by Crippen LogP contribution is 2.21. The highest BCUT2D eigenvalue weighted by atomic mass is 15.2. The molecule has 1 aliphatic rings. The van der Waals surface area contributed by atoms with Crippen LogP contribution < -0.4 is 5.32 Å². The lowest BCUT2D eigenvalue weighted by atomic mass is 10.0. The molecule has 2 aromatic carbocycles. The predicted molar refractivity (Wildman–Crippen MR) is 82.7 cm³/mol. The molecule has 0 aromatic heterocycles. The van der Waals surface area contributed by atoms with Crippen LogP contribution in [0.25, 0.3) is 10.8 Å². The molecule has 1 fully saturated rings. The molecule has 1 heterocycles. The van der Waals surface area contributed by atoms with Crippen molar-refractivity contribution in [2.45, 2.75) is 25.8 Å². The molecule has 3 rings (SSSR count). The van der Waals surface area contributed by atoms with Crippen LogP contribution in [0.4, 0.5) is 5.69 Å².